The Labute approximate surface area is 142 Å². The van der Waals surface area contributed by atoms with Gasteiger partial charge in [0.25, 0.3) is 0 Å². The normalized spacial score (nSPS) is 31.1. The zero-order chi connectivity index (χ0) is 18.1. The Balaban J connectivity index is 2.30. The number of aliphatic hydroxyl groups is 4. The van der Waals surface area contributed by atoms with E-state index >= 15 is 0 Å². The van der Waals surface area contributed by atoms with E-state index in [0.29, 0.717) is 5.75 Å². The molecule has 1 aliphatic heterocycles. The molecule has 1 aromatic rings. The highest BCUT2D eigenvalue weighted by Gasteiger charge is 2.45. The van der Waals surface area contributed by atoms with Crippen LogP contribution in [0.2, 0.25) is 0 Å². The largest absolute Gasteiger partial charge is 0.462 e. The van der Waals surface area contributed by atoms with E-state index in [-0.39, 0.29) is 5.41 Å². The average Bonchev–Trinajstić information content (AvgIpc) is 2.54. The van der Waals surface area contributed by atoms with E-state index in [2.05, 4.69) is 33.8 Å². The molecule has 136 valence electrons. The quantitative estimate of drug-likeness (QED) is 0.645. The number of aryl methyl sites for hydroxylation is 1. The van der Waals surface area contributed by atoms with Crippen molar-refractivity contribution in [2.24, 2.45) is 0 Å². The zero-order valence-corrected chi connectivity index (χ0v) is 14.6. The van der Waals surface area contributed by atoms with Crippen LogP contribution in [0.15, 0.2) is 18.2 Å². The first kappa shape index (κ1) is 19.1. The van der Waals surface area contributed by atoms with Crippen molar-refractivity contribution >= 4 is 0 Å². The van der Waals surface area contributed by atoms with Crippen molar-refractivity contribution < 1.29 is 29.9 Å². The third-order valence-corrected chi connectivity index (χ3v) is 4.35. The number of benzene rings is 1. The van der Waals surface area contributed by atoms with Gasteiger partial charge in [0.1, 0.15) is 30.2 Å². The third-order valence-electron chi connectivity index (χ3n) is 4.35. The molecule has 24 heavy (non-hydrogen) atoms. The maximum atomic E-state index is 10.1. The highest BCUT2D eigenvalue weighted by atomic mass is 16.7. The summed E-state index contributed by atoms with van der Waals surface area (Å²) in [6, 6.07) is 5.81. The first-order valence-electron chi connectivity index (χ1n) is 8.29. The molecule has 1 heterocycles. The van der Waals surface area contributed by atoms with Crippen LogP contribution in [0, 0.1) is 0 Å². The molecule has 0 saturated carbocycles. The van der Waals surface area contributed by atoms with Gasteiger partial charge in [0.05, 0.1) is 6.61 Å². The van der Waals surface area contributed by atoms with Crippen LogP contribution in [-0.2, 0) is 16.6 Å². The Morgan fingerprint density at radius 1 is 1.08 bits per heavy atom. The second-order valence-electron chi connectivity index (χ2n) is 7.25. The van der Waals surface area contributed by atoms with Gasteiger partial charge in [0.15, 0.2) is 0 Å². The van der Waals surface area contributed by atoms with E-state index in [4.69, 9.17) is 9.47 Å². The van der Waals surface area contributed by atoms with Crippen molar-refractivity contribution in [2.75, 3.05) is 6.61 Å². The second kappa shape index (κ2) is 7.37. The summed E-state index contributed by atoms with van der Waals surface area (Å²) >= 11 is 0. The van der Waals surface area contributed by atoms with E-state index in [1.165, 1.54) is 5.56 Å². The number of ether oxygens (including phenoxy) is 2. The van der Waals surface area contributed by atoms with Gasteiger partial charge in [-0.3, -0.25) is 0 Å². The summed E-state index contributed by atoms with van der Waals surface area (Å²) in [6.07, 6.45) is -5.52. The molecule has 0 amide bonds. The monoisotopic (exact) mass is 340 g/mol. The zero-order valence-electron chi connectivity index (χ0n) is 14.6. The van der Waals surface area contributed by atoms with Crippen LogP contribution in [0.5, 0.6) is 5.75 Å². The molecule has 0 spiro atoms. The molecular weight excluding hydrogens is 312 g/mol. The van der Waals surface area contributed by atoms with Gasteiger partial charge in [-0.1, -0.05) is 39.8 Å². The first-order chi connectivity index (χ1) is 11.2. The standard InChI is InChI=1S/C18H28O6/c1-5-10-6-7-12(11(8-10)18(2,3)4)23-17-16(22)15(21)14(20)13(9-19)24-17/h6-8,13-17,19-22H,5,9H2,1-4H3/t13-,14-,15-,16+,17-/m1/s1. The van der Waals surface area contributed by atoms with Gasteiger partial charge in [-0.25, -0.2) is 0 Å². The Kier molecular flexibility index (Phi) is 5.88. The van der Waals surface area contributed by atoms with Gasteiger partial charge in [-0.15, -0.1) is 0 Å². The molecule has 6 heteroatoms. The lowest BCUT2D eigenvalue weighted by Crippen LogP contribution is -2.60. The van der Waals surface area contributed by atoms with Crippen LogP contribution in [0.3, 0.4) is 0 Å². The van der Waals surface area contributed by atoms with Gasteiger partial charge in [0, 0.05) is 0 Å². The Bertz CT molecular complexity index is 551. The summed E-state index contributed by atoms with van der Waals surface area (Å²) in [7, 11) is 0. The molecule has 1 aliphatic rings. The van der Waals surface area contributed by atoms with Gasteiger partial charge in [-0.2, -0.15) is 0 Å². The Hall–Kier alpha value is -1.18. The van der Waals surface area contributed by atoms with Crippen molar-refractivity contribution in [3.8, 4) is 5.75 Å². The molecule has 1 aromatic carbocycles. The van der Waals surface area contributed by atoms with Crippen molar-refractivity contribution in [2.45, 2.75) is 70.2 Å². The van der Waals surface area contributed by atoms with Crippen molar-refractivity contribution in [1.29, 1.82) is 0 Å². The van der Waals surface area contributed by atoms with Crippen molar-refractivity contribution in [1.82, 2.24) is 0 Å². The van der Waals surface area contributed by atoms with E-state index < -0.39 is 37.3 Å². The van der Waals surface area contributed by atoms with Crippen LogP contribution in [0.4, 0.5) is 0 Å². The number of hydrogen-bond acceptors (Lipinski definition) is 6. The Morgan fingerprint density at radius 3 is 2.29 bits per heavy atom. The van der Waals surface area contributed by atoms with Crippen LogP contribution in [-0.4, -0.2) is 57.7 Å². The molecule has 0 aromatic heterocycles. The molecule has 1 fully saturated rings. The van der Waals surface area contributed by atoms with Crippen LogP contribution in [0.1, 0.15) is 38.8 Å². The fraction of sp³-hybridized carbons (Fsp3) is 0.667. The minimum atomic E-state index is -1.45. The van der Waals surface area contributed by atoms with Gasteiger partial charge >= 0.3 is 0 Å². The Morgan fingerprint density at radius 2 is 1.75 bits per heavy atom. The molecule has 0 radical (unpaired) electrons. The molecule has 0 unspecified atom stereocenters. The van der Waals surface area contributed by atoms with Gasteiger partial charge in [0.2, 0.25) is 6.29 Å². The molecule has 1 saturated heterocycles. The maximum absolute atomic E-state index is 10.1. The first-order valence-corrected chi connectivity index (χ1v) is 8.29. The molecule has 0 aliphatic carbocycles. The summed E-state index contributed by atoms with van der Waals surface area (Å²) in [5.74, 6) is 0.545. The predicted molar refractivity (Wildman–Crippen MR) is 88.9 cm³/mol. The topological polar surface area (TPSA) is 99.4 Å². The van der Waals surface area contributed by atoms with Crippen LogP contribution < -0.4 is 4.74 Å². The summed E-state index contributed by atoms with van der Waals surface area (Å²) in [5, 5.41) is 39.1. The fourth-order valence-corrected chi connectivity index (χ4v) is 2.78. The third kappa shape index (κ3) is 3.90. The smallest absolute Gasteiger partial charge is 0.229 e. The number of rotatable bonds is 4. The highest BCUT2D eigenvalue weighted by molar-refractivity contribution is 5.41. The lowest BCUT2D eigenvalue weighted by atomic mass is 9.85. The van der Waals surface area contributed by atoms with Crippen LogP contribution in [0.25, 0.3) is 0 Å². The van der Waals surface area contributed by atoms with Gasteiger partial charge < -0.3 is 29.9 Å². The summed E-state index contributed by atoms with van der Waals surface area (Å²) in [6.45, 7) is 7.76. The molecule has 4 N–H and O–H groups in total. The minimum Gasteiger partial charge on any atom is -0.462 e. The number of aliphatic hydroxyl groups excluding tert-OH is 4. The van der Waals surface area contributed by atoms with E-state index in [9.17, 15) is 20.4 Å². The molecule has 2 rings (SSSR count). The molecular formula is C18H28O6. The highest BCUT2D eigenvalue weighted by Crippen LogP contribution is 2.34. The molecule has 6 nitrogen and oxygen atoms in total. The molecule has 5 atom stereocenters. The van der Waals surface area contributed by atoms with Crippen LogP contribution >= 0.6 is 0 Å². The van der Waals surface area contributed by atoms with Crippen molar-refractivity contribution in [3.63, 3.8) is 0 Å². The maximum Gasteiger partial charge on any atom is 0.229 e. The lowest BCUT2D eigenvalue weighted by Gasteiger charge is -2.40. The van der Waals surface area contributed by atoms with E-state index in [1.807, 2.05) is 12.1 Å². The fourth-order valence-electron chi connectivity index (χ4n) is 2.78. The number of hydrogen-bond donors (Lipinski definition) is 4. The summed E-state index contributed by atoms with van der Waals surface area (Å²) in [5.41, 5.74) is 1.94. The minimum absolute atomic E-state index is 0.186. The summed E-state index contributed by atoms with van der Waals surface area (Å²) in [4.78, 5) is 0. The summed E-state index contributed by atoms with van der Waals surface area (Å²) < 4.78 is 11.2. The van der Waals surface area contributed by atoms with Crippen molar-refractivity contribution in [3.05, 3.63) is 29.3 Å². The van der Waals surface area contributed by atoms with Gasteiger partial charge in [-0.05, 0) is 29.0 Å². The predicted octanol–water partition coefficient (Wildman–Crippen LogP) is 0.725. The lowest BCUT2D eigenvalue weighted by molar-refractivity contribution is -0.277. The van der Waals surface area contributed by atoms with E-state index in [0.717, 1.165) is 12.0 Å². The SMILES string of the molecule is CCc1ccc(O[C@@H]2O[C@H](CO)[C@@H](O)[C@@H](O)[C@@H]2O)c(C(C)(C)C)c1. The second-order valence-corrected chi connectivity index (χ2v) is 7.25. The average molecular weight is 340 g/mol. The van der Waals surface area contributed by atoms with E-state index in [1.54, 1.807) is 0 Å². The molecule has 0 bridgehead atoms.